The first-order chi connectivity index (χ1) is 19.2. The van der Waals surface area contributed by atoms with Crippen LogP contribution in [-0.2, 0) is 33.2 Å². The fraction of sp³-hybridized carbons (Fsp3) is 0.500. The van der Waals surface area contributed by atoms with Gasteiger partial charge in [0.2, 0.25) is 5.91 Å². The number of thiazole rings is 1. The normalized spacial score (nSPS) is 14.5. The Bertz CT molecular complexity index is 1520. The molecule has 3 heterocycles. The van der Waals surface area contributed by atoms with Gasteiger partial charge in [0.1, 0.15) is 32.8 Å². The minimum atomic E-state index is -4.11. The van der Waals surface area contributed by atoms with Gasteiger partial charge in [-0.3, -0.25) is 14.6 Å². The first kappa shape index (κ1) is 30.7. The molecule has 11 nitrogen and oxygen atoms in total. The molecular formula is C28H37N5O6S2. The molecule has 0 aromatic carbocycles. The number of amides is 2. The summed E-state index contributed by atoms with van der Waals surface area (Å²) in [6.07, 6.45) is 4.28. The predicted molar refractivity (Wildman–Crippen MR) is 155 cm³/mol. The summed E-state index contributed by atoms with van der Waals surface area (Å²) in [6, 6.07) is 7.47. The molecule has 1 aliphatic rings. The number of rotatable bonds is 12. The highest BCUT2D eigenvalue weighted by molar-refractivity contribution is 7.90. The van der Waals surface area contributed by atoms with E-state index in [1.54, 1.807) is 31.2 Å². The molecule has 0 bridgehead atoms. The molecule has 3 aromatic rings. The lowest BCUT2D eigenvalue weighted by Crippen LogP contribution is -2.51. The maximum absolute atomic E-state index is 14.0. The fourth-order valence-electron chi connectivity index (χ4n) is 4.60. The largest absolute Gasteiger partial charge is 0.495 e. The van der Waals surface area contributed by atoms with Gasteiger partial charge in [-0.1, -0.05) is 0 Å². The Hall–Kier alpha value is -3.29. The Labute approximate surface area is 244 Å². The third kappa shape index (κ3) is 6.31. The summed E-state index contributed by atoms with van der Waals surface area (Å²) in [4.78, 5) is 36.9. The van der Waals surface area contributed by atoms with E-state index in [4.69, 9.17) is 14.9 Å². The molecular weight excluding hydrogens is 566 g/mol. The highest BCUT2D eigenvalue weighted by Gasteiger charge is 2.54. The number of furan rings is 1. The van der Waals surface area contributed by atoms with Crippen LogP contribution in [0.25, 0.3) is 0 Å². The van der Waals surface area contributed by atoms with Gasteiger partial charge in [0.15, 0.2) is 0 Å². The van der Waals surface area contributed by atoms with Gasteiger partial charge in [0.05, 0.1) is 31.0 Å². The predicted octanol–water partition coefficient (Wildman–Crippen LogP) is 3.55. The van der Waals surface area contributed by atoms with Crippen molar-refractivity contribution in [2.75, 3.05) is 20.7 Å². The van der Waals surface area contributed by atoms with Crippen molar-refractivity contribution in [3.05, 3.63) is 63.3 Å². The van der Waals surface area contributed by atoms with E-state index < -0.39 is 26.2 Å². The van der Waals surface area contributed by atoms with E-state index in [1.807, 2.05) is 25.1 Å². The summed E-state index contributed by atoms with van der Waals surface area (Å²) in [6.45, 7) is 6.85. The van der Waals surface area contributed by atoms with Crippen molar-refractivity contribution in [2.45, 2.75) is 70.2 Å². The molecule has 0 aliphatic heterocycles. The van der Waals surface area contributed by atoms with Crippen molar-refractivity contribution in [1.82, 2.24) is 19.2 Å². The molecule has 0 spiro atoms. The maximum atomic E-state index is 14.0. The molecule has 3 aromatic heterocycles. The van der Waals surface area contributed by atoms with Gasteiger partial charge < -0.3 is 19.8 Å². The minimum absolute atomic E-state index is 0.0248. The lowest BCUT2D eigenvalue weighted by molar-refractivity contribution is -0.134. The maximum Gasteiger partial charge on any atom is 0.286 e. The summed E-state index contributed by atoms with van der Waals surface area (Å²) in [5.41, 5.74) is 5.80. The number of aromatic nitrogens is 2. The van der Waals surface area contributed by atoms with Gasteiger partial charge in [-0.15, -0.1) is 11.3 Å². The highest BCUT2D eigenvalue weighted by atomic mass is 32.2. The van der Waals surface area contributed by atoms with E-state index in [1.165, 1.54) is 32.2 Å². The van der Waals surface area contributed by atoms with Crippen molar-refractivity contribution in [3.8, 4) is 5.75 Å². The standard InChI is InChI=1S/C28H37N5O6S2/c1-18-9-10-20(39-18)8-7-15-33(26(35)28(13-14-28)22-12-11-21(38-6)16-30-22)17-23-31-24(19(2)40-23)25(34)32(5)41(36,37)27(3,4)29/h9-12,16H,7-8,13-15,17,29H2,1-6H3. The molecule has 1 aliphatic carbocycles. The Balaban J connectivity index is 1.58. The second-order valence-corrected chi connectivity index (χ2v) is 14.7. The molecule has 1 saturated carbocycles. The molecule has 0 unspecified atom stereocenters. The third-order valence-electron chi connectivity index (χ3n) is 7.24. The Morgan fingerprint density at radius 3 is 2.44 bits per heavy atom. The summed E-state index contributed by atoms with van der Waals surface area (Å²) in [7, 11) is -1.37. The van der Waals surface area contributed by atoms with Crippen LogP contribution < -0.4 is 10.5 Å². The van der Waals surface area contributed by atoms with E-state index in [0.29, 0.717) is 57.9 Å². The number of methoxy groups -OCH3 is 1. The number of hydrogen-bond acceptors (Lipinski definition) is 10. The van der Waals surface area contributed by atoms with E-state index >= 15 is 0 Å². The lowest BCUT2D eigenvalue weighted by Gasteiger charge is -2.27. The molecule has 4 rings (SSSR count). The fourth-order valence-corrected chi connectivity index (χ4v) is 6.55. The zero-order valence-electron chi connectivity index (χ0n) is 24.3. The third-order valence-corrected chi connectivity index (χ3v) is 10.4. The Morgan fingerprint density at radius 1 is 1.20 bits per heavy atom. The molecule has 13 heteroatoms. The van der Waals surface area contributed by atoms with E-state index in [9.17, 15) is 18.0 Å². The smallest absolute Gasteiger partial charge is 0.286 e. The molecule has 222 valence electrons. The molecule has 2 amide bonds. The average molecular weight is 604 g/mol. The molecule has 41 heavy (non-hydrogen) atoms. The zero-order chi connectivity index (χ0) is 30.2. The molecule has 0 atom stereocenters. The topological polar surface area (TPSA) is 149 Å². The first-order valence-corrected chi connectivity index (χ1v) is 15.6. The second-order valence-electron chi connectivity index (χ2n) is 10.9. The number of pyridine rings is 1. The number of sulfonamides is 1. The summed E-state index contributed by atoms with van der Waals surface area (Å²) in [5.74, 6) is 1.46. The number of carbonyl (C=O) groups excluding carboxylic acids is 2. The first-order valence-electron chi connectivity index (χ1n) is 13.3. The Kier molecular flexibility index (Phi) is 8.63. The van der Waals surface area contributed by atoms with Crippen molar-refractivity contribution in [1.29, 1.82) is 0 Å². The van der Waals surface area contributed by atoms with Crippen molar-refractivity contribution in [3.63, 3.8) is 0 Å². The average Bonchev–Trinajstić information content (AvgIpc) is 3.51. The van der Waals surface area contributed by atoms with Crippen molar-refractivity contribution < 1.29 is 27.2 Å². The summed E-state index contributed by atoms with van der Waals surface area (Å²) < 4.78 is 37.1. The highest BCUT2D eigenvalue weighted by Crippen LogP contribution is 2.49. The SMILES string of the molecule is COc1ccc(C2(C(=O)N(CCCc3ccc(C)o3)Cc3nc(C(=O)N(C)S(=O)(=O)C(C)(C)N)c(C)s3)CC2)nc1. The van der Waals surface area contributed by atoms with E-state index in [-0.39, 0.29) is 18.1 Å². The van der Waals surface area contributed by atoms with Gasteiger partial charge >= 0.3 is 0 Å². The van der Waals surface area contributed by atoms with Gasteiger partial charge in [-0.25, -0.2) is 17.7 Å². The van der Waals surface area contributed by atoms with Crippen LogP contribution in [0.1, 0.15) is 70.7 Å². The second kappa shape index (κ2) is 11.5. The van der Waals surface area contributed by atoms with Gasteiger partial charge in [0, 0.05) is 24.9 Å². The minimum Gasteiger partial charge on any atom is -0.495 e. The molecule has 1 fully saturated rings. The molecule has 2 N–H and O–H groups in total. The number of carbonyl (C=O) groups is 2. The van der Waals surface area contributed by atoms with E-state index in [0.717, 1.165) is 11.5 Å². The summed E-state index contributed by atoms with van der Waals surface area (Å²) in [5, 5.41) is 0.532. The van der Waals surface area contributed by atoms with Gasteiger partial charge in [0.25, 0.3) is 15.9 Å². The van der Waals surface area contributed by atoms with Crippen molar-refractivity contribution in [2.24, 2.45) is 5.73 Å². The van der Waals surface area contributed by atoms with Crippen LogP contribution >= 0.6 is 11.3 Å². The van der Waals surface area contributed by atoms with Crippen LogP contribution in [-0.4, -0.2) is 65.0 Å². The number of nitrogens with two attached hydrogens (primary N) is 1. The van der Waals surface area contributed by atoms with Crippen LogP contribution in [0.4, 0.5) is 0 Å². The molecule has 0 radical (unpaired) electrons. The van der Waals surface area contributed by atoms with Crippen LogP contribution in [0.3, 0.4) is 0 Å². The monoisotopic (exact) mass is 603 g/mol. The number of hydrogen-bond donors (Lipinski definition) is 1. The summed E-state index contributed by atoms with van der Waals surface area (Å²) >= 11 is 1.26. The number of nitrogens with zero attached hydrogens (tertiary/aromatic N) is 4. The van der Waals surface area contributed by atoms with Crippen LogP contribution in [0, 0.1) is 13.8 Å². The van der Waals surface area contributed by atoms with E-state index in [2.05, 4.69) is 9.97 Å². The van der Waals surface area contributed by atoms with Crippen LogP contribution in [0.15, 0.2) is 34.9 Å². The zero-order valence-corrected chi connectivity index (χ0v) is 25.9. The lowest BCUT2D eigenvalue weighted by atomic mass is 9.99. The van der Waals surface area contributed by atoms with Gasteiger partial charge in [-0.2, -0.15) is 0 Å². The van der Waals surface area contributed by atoms with Crippen molar-refractivity contribution >= 4 is 33.2 Å². The van der Waals surface area contributed by atoms with Gasteiger partial charge in [-0.05, 0) is 71.2 Å². The quantitative estimate of drug-likeness (QED) is 0.328. The number of aryl methyl sites for hydroxylation is 3. The van der Waals surface area contributed by atoms with Crippen LogP contribution in [0.5, 0.6) is 5.75 Å². The molecule has 0 saturated heterocycles. The number of ether oxygens (including phenoxy) is 1. The Morgan fingerprint density at radius 2 is 1.90 bits per heavy atom. The van der Waals surface area contributed by atoms with Crippen LogP contribution in [0.2, 0.25) is 0 Å².